The van der Waals surface area contributed by atoms with Crippen molar-refractivity contribution in [2.24, 2.45) is 5.73 Å². The highest BCUT2D eigenvalue weighted by Gasteiger charge is 2.13. The normalized spacial score (nSPS) is 11.4. The highest BCUT2D eigenvalue weighted by atomic mass is 32.2. The average Bonchev–Trinajstić information content (AvgIpc) is 3.05. The molecule has 0 fully saturated rings. The number of halogens is 2. The summed E-state index contributed by atoms with van der Waals surface area (Å²) in [5.41, 5.74) is 5.39. The first kappa shape index (κ1) is 20.6. The first-order chi connectivity index (χ1) is 13.7. The predicted octanol–water partition coefficient (Wildman–Crippen LogP) is 1.61. The van der Waals surface area contributed by atoms with Gasteiger partial charge < -0.3 is 5.73 Å². The fraction of sp³-hybridized carbons (Fsp3) is 0.167. The quantitative estimate of drug-likeness (QED) is 0.647. The van der Waals surface area contributed by atoms with Crippen LogP contribution in [-0.2, 0) is 16.4 Å². The molecule has 2 heterocycles. The summed E-state index contributed by atoms with van der Waals surface area (Å²) in [4.78, 5) is 17.1. The lowest BCUT2D eigenvalue weighted by Gasteiger charge is -2.06. The van der Waals surface area contributed by atoms with Crippen molar-refractivity contribution >= 4 is 9.84 Å². The van der Waals surface area contributed by atoms with Crippen molar-refractivity contribution in [3.05, 3.63) is 70.9 Å². The van der Waals surface area contributed by atoms with Gasteiger partial charge in [0.25, 0.3) is 6.08 Å². The third-order valence-corrected chi connectivity index (χ3v) is 5.28. The molecular formula is C18H17F2N5O3S. The Hall–Kier alpha value is -3.18. The van der Waals surface area contributed by atoms with Crippen LogP contribution in [-0.4, -0.2) is 40.5 Å². The molecule has 0 saturated carbocycles. The van der Waals surface area contributed by atoms with E-state index in [0.29, 0.717) is 11.3 Å². The number of hydrogen-bond acceptors (Lipinski definition) is 6. The van der Waals surface area contributed by atoms with Crippen molar-refractivity contribution < 1.29 is 17.2 Å². The van der Waals surface area contributed by atoms with Gasteiger partial charge in [0.05, 0.1) is 17.1 Å². The molecule has 2 aromatic heterocycles. The van der Waals surface area contributed by atoms with Gasteiger partial charge in [-0.3, -0.25) is 0 Å². The van der Waals surface area contributed by atoms with Crippen molar-refractivity contribution in [3.63, 3.8) is 0 Å². The van der Waals surface area contributed by atoms with E-state index in [1.54, 1.807) is 30.3 Å². The largest absolute Gasteiger partial charge is 0.351 e. The number of pyridine rings is 1. The van der Waals surface area contributed by atoms with E-state index < -0.39 is 34.7 Å². The summed E-state index contributed by atoms with van der Waals surface area (Å²) in [5.74, 6) is 0.241. The summed E-state index contributed by atoms with van der Waals surface area (Å²) in [6.07, 6.45) is 0.364. The van der Waals surface area contributed by atoms with E-state index in [0.717, 1.165) is 15.5 Å². The lowest BCUT2D eigenvalue weighted by Crippen LogP contribution is -2.26. The summed E-state index contributed by atoms with van der Waals surface area (Å²) in [7, 11) is -3.32. The Kier molecular flexibility index (Phi) is 5.71. The van der Waals surface area contributed by atoms with Crippen LogP contribution in [0.3, 0.4) is 0 Å². The number of sulfone groups is 1. The molecule has 8 nitrogen and oxygen atoms in total. The van der Waals surface area contributed by atoms with Gasteiger partial charge in [0.15, 0.2) is 9.84 Å². The summed E-state index contributed by atoms with van der Waals surface area (Å²) in [6, 6.07) is 11.1. The summed E-state index contributed by atoms with van der Waals surface area (Å²) >= 11 is 0. The Morgan fingerprint density at radius 3 is 2.41 bits per heavy atom. The van der Waals surface area contributed by atoms with Crippen LogP contribution in [0, 0.1) is 0 Å². The highest BCUT2D eigenvalue weighted by molar-refractivity contribution is 7.90. The molecule has 0 aliphatic carbocycles. The van der Waals surface area contributed by atoms with Gasteiger partial charge in [0, 0.05) is 23.9 Å². The number of benzene rings is 1. The molecule has 0 atom stereocenters. The second kappa shape index (κ2) is 8.05. The minimum absolute atomic E-state index is 0.179. The van der Waals surface area contributed by atoms with Crippen LogP contribution in [0.5, 0.6) is 0 Å². The average molecular weight is 421 g/mol. The van der Waals surface area contributed by atoms with Crippen molar-refractivity contribution in [1.82, 2.24) is 19.3 Å². The van der Waals surface area contributed by atoms with E-state index in [4.69, 9.17) is 5.73 Å². The van der Waals surface area contributed by atoms with Gasteiger partial charge in [0.1, 0.15) is 12.1 Å². The van der Waals surface area contributed by atoms with E-state index in [9.17, 15) is 22.0 Å². The number of nitrogens with two attached hydrogens (primary N) is 1. The minimum Gasteiger partial charge on any atom is -0.327 e. The van der Waals surface area contributed by atoms with Gasteiger partial charge in [-0.15, -0.1) is 0 Å². The van der Waals surface area contributed by atoms with Gasteiger partial charge in [-0.05, 0) is 24.3 Å². The molecule has 0 bridgehead atoms. The maximum atomic E-state index is 12.8. The Morgan fingerprint density at radius 1 is 1.14 bits per heavy atom. The molecule has 0 spiro atoms. The topological polar surface area (TPSA) is 113 Å². The van der Waals surface area contributed by atoms with Gasteiger partial charge in [0.2, 0.25) is 0 Å². The number of nitrogens with zero attached hydrogens (tertiary/aromatic N) is 4. The maximum Gasteiger partial charge on any atom is 0.351 e. The number of hydrogen-bond donors (Lipinski definition) is 1. The second-order valence-corrected chi connectivity index (χ2v) is 8.20. The monoisotopic (exact) mass is 421 g/mol. The molecule has 0 amide bonds. The summed E-state index contributed by atoms with van der Waals surface area (Å²) < 4.78 is 50.7. The van der Waals surface area contributed by atoms with E-state index >= 15 is 0 Å². The lowest BCUT2D eigenvalue weighted by atomic mass is 10.1. The van der Waals surface area contributed by atoms with Crippen LogP contribution in [0.1, 0.15) is 0 Å². The van der Waals surface area contributed by atoms with Gasteiger partial charge >= 0.3 is 5.69 Å². The van der Waals surface area contributed by atoms with Gasteiger partial charge in [-0.2, -0.15) is 13.9 Å². The van der Waals surface area contributed by atoms with Gasteiger partial charge in [-0.1, -0.05) is 18.2 Å². The van der Waals surface area contributed by atoms with Crippen LogP contribution in [0.25, 0.3) is 17.1 Å². The third-order valence-electron chi connectivity index (χ3n) is 4.15. The minimum atomic E-state index is -3.32. The second-order valence-electron chi connectivity index (χ2n) is 6.19. The zero-order chi connectivity index (χ0) is 21.2. The highest BCUT2D eigenvalue weighted by Crippen LogP contribution is 2.20. The molecule has 0 aliphatic rings. The Bertz CT molecular complexity index is 1230. The van der Waals surface area contributed by atoms with E-state index in [1.807, 2.05) is 0 Å². The maximum absolute atomic E-state index is 12.8. The van der Waals surface area contributed by atoms with E-state index in [-0.39, 0.29) is 16.3 Å². The van der Waals surface area contributed by atoms with Crippen LogP contribution in [0.2, 0.25) is 0 Å². The van der Waals surface area contributed by atoms with Crippen molar-refractivity contribution in [3.8, 4) is 17.1 Å². The first-order valence-electron chi connectivity index (χ1n) is 8.36. The van der Waals surface area contributed by atoms with Crippen LogP contribution < -0.4 is 11.4 Å². The number of aromatic nitrogens is 4. The summed E-state index contributed by atoms with van der Waals surface area (Å²) in [6.45, 7) is -0.809. The Balaban J connectivity index is 1.95. The van der Waals surface area contributed by atoms with E-state index in [1.165, 1.54) is 18.5 Å². The molecule has 3 rings (SSSR count). The fourth-order valence-electron chi connectivity index (χ4n) is 2.58. The Labute approximate surface area is 164 Å². The zero-order valence-electron chi connectivity index (χ0n) is 15.3. The molecule has 3 aromatic rings. The molecule has 0 aliphatic heterocycles. The predicted molar refractivity (Wildman–Crippen MR) is 102 cm³/mol. The molecule has 152 valence electrons. The van der Waals surface area contributed by atoms with Crippen LogP contribution in [0.4, 0.5) is 8.78 Å². The smallest absolute Gasteiger partial charge is 0.327 e. The molecule has 11 heteroatoms. The zero-order valence-corrected chi connectivity index (χ0v) is 16.1. The van der Waals surface area contributed by atoms with E-state index in [2.05, 4.69) is 10.1 Å². The van der Waals surface area contributed by atoms with Crippen LogP contribution >= 0.6 is 0 Å². The van der Waals surface area contributed by atoms with Gasteiger partial charge in [-0.25, -0.2) is 27.4 Å². The van der Waals surface area contributed by atoms with Crippen LogP contribution in [0.15, 0.2) is 70.1 Å². The molecule has 0 radical (unpaired) electrons. The molecule has 1 aromatic carbocycles. The first-order valence-corrected chi connectivity index (χ1v) is 10.3. The molecule has 29 heavy (non-hydrogen) atoms. The molecule has 0 saturated heterocycles. The molecule has 0 unspecified atom stereocenters. The van der Waals surface area contributed by atoms with Crippen molar-refractivity contribution in [2.45, 2.75) is 11.4 Å². The lowest BCUT2D eigenvalue weighted by molar-refractivity contribution is 0.400. The SMILES string of the molecule is CS(=O)(=O)c1ccc(-c2cccc(-n3cnn(CC(CN)=C(F)F)c3=O)n2)cc1. The Morgan fingerprint density at radius 2 is 1.83 bits per heavy atom. The number of rotatable bonds is 6. The third kappa shape index (κ3) is 4.46. The van der Waals surface area contributed by atoms with Crippen molar-refractivity contribution in [2.75, 3.05) is 12.8 Å². The standard InChI is InChI=1S/C18H17F2N5O3S/c1-29(27,28)14-7-5-12(6-8-14)15-3-2-4-16(23-15)24-11-22-25(18(24)26)10-13(9-21)17(19)20/h2-8,11H,9-10,21H2,1H3. The molecule has 2 N–H and O–H groups in total. The summed E-state index contributed by atoms with van der Waals surface area (Å²) in [5, 5.41) is 3.84. The molecular weight excluding hydrogens is 404 g/mol. The fourth-order valence-corrected chi connectivity index (χ4v) is 3.21. The van der Waals surface area contributed by atoms with Crippen molar-refractivity contribution in [1.29, 1.82) is 0 Å².